The number of amides is 1. The van der Waals surface area contributed by atoms with Crippen LogP contribution in [-0.2, 0) is 0 Å². The fourth-order valence-corrected chi connectivity index (χ4v) is 3.92. The van der Waals surface area contributed by atoms with Crippen LogP contribution in [0.15, 0.2) is 18.2 Å². The molecule has 21 heavy (non-hydrogen) atoms. The second-order valence-corrected chi connectivity index (χ2v) is 6.47. The maximum absolute atomic E-state index is 12.7. The Bertz CT molecular complexity index is 658. The van der Waals surface area contributed by atoms with Gasteiger partial charge in [-0.1, -0.05) is 12.8 Å². The summed E-state index contributed by atoms with van der Waals surface area (Å²) < 4.78 is 6.24. The van der Waals surface area contributed by atoms with Crippen molar-refractivity contribution in [1.29, 1.82) is 0 Å². The van der Waals surface area contributed by atoms with Gasteiger partial charge in [0.1, 0.15) is 10.6 Å². The molecule has 1 aromatic carbocycles. The number of carbonyl (C=O) groups excluding carboxylic acids is 1. The molecule has 0 unspecified atom stereocenters. The number of likely N-dealkylation sites (tertiary alicyclic amines) is 1. The fraction of sp³-hybridized carbons (Fsp3) is 0.438. The van der Waals surface area contributed by atoms with Crippen LogP contribution < -0.4 is 10.5 Å². The van der Waals surface area contributed by atoms with Crippen LogP contribution in [0.4, 0.5) is 5.69 Å². The van der Waals surface area contributed by atoms with Crippen LogP contribution in [0.25, 0.3) is 10.1 Å². The van der Waals surface area contributed by atoms with Gasteiger partial charge in [0, 0.05) is 23.2 Å². The van der Waals surface area contributed by atoms with Crippen LogP contribution in [0, 0.1) is 0 Å². The quantitative estimate of drug-likeness (QED) is 0.923. The first-order valence-corrected chi connectivity index (χ1v) is 8.17. The second-order valence-electron chi connectivity index (χ2n) is 5.41. The van der Waals surface area contributed by atoms with Gasteiger partial charge in [0.05, 0.1) is 12.8 Å². The number of ether oxygens (including phenoxy) is 1. The van der Waals surface area contributed by atoms with E-state index in [-0.39, 0.29) is 5.91 Å². The minimum atomic E-state index is 0.0783. The molecule has 0 radical (unpaired) electrons. The smallest absolute Gasteiger partial charge is 0.266 e. The number of nitrogen functional groups attached to an aromatic ring is 1. The monoisotopic (exact) mass is 304 g/mol. The summed E-state index contributed by atoms with van der Waals surface area (Å²) in [5, 5.41) is 0.943. The number of benzene rings is 1. The highest BCUT2D eigenvalue weighted by atomic mass is 32.1. The van der Waals surface area contributed by atoms with Crippen molar-refractivity contribution in [3.05, 3.63) is 23.1 Å². The van der Waals surface area contributed by atoms with Crippen LogP contribution in [0.5, 0.6) is 5.75 Å². The van der Waals surface area contributed by atoms with Crippen LogP contribution in [-0.4, -0.2) is 31.0 Å². The first kappa shape index (κ1) is 14.2. The van der Waals surface area contributed by atoms with Crippen molar-refractivity contribution in [2.45, 2.75) is 25.7 Å². The van der Waals surface area contributed by atoms with E-state index in [2.05, 4.69) is 0 Å². The number of nitrogens with zero attached hydrogens (tertiary/aromatic N) is 1. The van der Waals surface area contributed by atoms with E-state index in [1.807, 2.05) is 23.1 Å². The van der Waals surface area contributed by atoms with Crippen molar-refractivity contribution in [2.75, 3.05) is 25.9 Å². The Kier molecular flexibility index (Phi) is 4.01. The average Bonchev–Trinajstić information content (AvgIpc) is 2.71. The molecule has 1 amide bonds. The van der Waals surface area contributed by atoms with Crippen LogP contribution in [0.2, 0.25) is 0 Å². The Labute approximate surface area is 128 Å². The van der Waals surface area contributed by atoms with Gasteiger partial charge in [0.25, 0.3) is 5.91 Å². The third kappa shape index (κ3) is 2.70. The molecule has 1 aromatic heterocycles. The van der Waals surface area contributed by atoms with Crippen LogP contribution in [0.1, 0.15) is 35.4 Å². The molecule has 3 rings (SSSR count). The molecule has 2 aromatic rings. The highest BCUT2D eigenvalue weighted by molar-refractivity contribution is 7.21. The summed E-state index contributed by atoms with van der Waals surface area (Å²) in [6, 6.07) is 5.75. The highest BCUT2D eigenvalue weighted by Crippen LogP contribution is 2.36. The number of fused-ring (bicyclic) bond motifs is 1. The van der Waals surface area contributed by atoms with Gasteiger partial charge in [-0.2, -0.15) is 0 Å². The van der Waals surface area contributed by atoms with Crippen molar-refractivity contribution < 1.29 is 9.53 Å². The molecule has 0 bridgehead atoms. The topological polar surface area (TPSA) is 55.6 Å². The predicted molar refractivity (Wildman–Crippen MR) is 87.2 cm³/mol. The zero-order valence-corrected chi connectivity index (χ0v) is 13.0. The van der Waals surface area contributed by atoms with E-state index >= 15 is 0 Å². The summed E-state index contributed by atoms with van der Waals surface area (Å²) in [6.45, 7) is 1.69. The van der Waals surface area contributed by atoms with Gasteiger partial charge in [0.2, 0.25) is 0 Å². The summed E-state index contributed by atoms with van der Waals surface area (Å²) in [6.07, 6.45) is 4.60. The standard InChI is InChI=1S/C16H20N2O2S/c1-20-11-6-7-12-13(10-11)21-15(14(12)17)16(19)18-8-4-2-3-5-9-18/h6-7,10H,2-5,8-9,17H2,1H3. The number of carbonyl (C=O) groups is 1. The van der Waals surface area contributed by atoms with Crippen LogP contribution in [0.3, 0.4) is 0 Å². The zero-order valence-electron chi connectivity index (χ0n) is 12.2. The molecule has 1 saturated heterocycles. The number of thiophene rings is 1. The average molecular weight is 304 g/mol. The number of methoxy groups -OCH3 is 1. The molecule has 0 saturated carbocycles. The van der Waals surface area contributed by atoms with E-state index in [1.54, 1.807) is 7.11 Å². The third-order valence-corrected chi connectivity index (χ3v) is 5.18. The van der Waals surface area contributed by atoms with E-state index in [4.69, 9.17) is 10.5 Å². The third-order valence-electron chi connectivity index (χ3n) is 4.02. The summed E-state index contributed by atoms with van der Waals surface area (Å²) in [7, 11) is 1.64. The Hall–Kier alpha value is -1.75. The predicted octanol–water partition coefficient (Wildman–Crippen LogP) is 3.51. The Morgan fingerprint density at radius 2 is 1.95 bits per heavy atom. The Balaban J connectivity index is 1.95. The largest absolute Gasteiger partial charge is 0.497 e. The molecule has 1 fully saturated rings. The van der Waals surface area contributed by atoms with E-state index < -0.39 is 0 Å². The van der Waals surface area contributed by atoms with Crippen molar-refractivity contribution in [1.82, 2.24) is 4.90 Å². The molecular weight excluding hydrogens is 284 g/mol. The van der Waals surface area contributed by atoms with Crippen molar-refractivity contribution in [2.24, 2.45) is 0 Å². The number of anilines is 1. The molecule has 112 valence electrons. The summed E-state index contributed by atoms with van der Waals surface area (Å²) in [4.78, 5) is 15.3. The summed E-state index contributed by atoms with van der Waals surface area (Å²) in [5.74, 6) is 0.868. The van der Waals surface area contributed by atoms with Crippen molar-refractivity contribution >= 4 is 33.0 Å². The summed E-state index contributed by atoms with van der Waals surface area (Å²) >= 11 is 1.47. The Morgan fingerprint density at radius 3 is 2.62 bits per heavy atom. The maximum atomic E-state index is 12.7. The molecular formula is C16H20N2O2S. The Morgan fingerprint density at radius 1 is 1.24 bits per heavy atom. The van der Waals surface area contributed by atoms with E-state index in [1.165, 1.54) is 24.2 Å². The number of hydrogen-bond donors (Lipinski definition) is 1. The minimum Gasteiger partial charge on any atom is -0.497 e. The highest BCUT2D eigenvalue weighted by Gasteiger charge is 2.22. The van der Waals surface area contributed by atoms with Crippen molar-refractivity contribution in [3.63, 3.8) is 0 Å². The minimum absolute atomic E-state index is 0.0783. The van der Waals surface area contributed by atoms with Crippen LogP contribution >= 0.6 is 11.3 Å². The molecule has 1 aliphatic rings. The summed E-state index contributed by atoms with van der Waals surface area (Å²) in [5.41, 5.74) is 6.80. The van der Waals surface area contributed by atoms with Gasteiger partial charge in [-0.15, -0.1) is 11.3 Å². The number of rotatable bonds is 2. The lowest BCUT2D eigenvalue weighted by atomic mass is 10.2. The molecule has 0 aliphatic carbocycles. The van der Waals surface area contributed by atoms with Gasteiger partial charge in [-0.25, -0.2) is 0 Å². The molecule has 5 heteroatoms. The molecule has 0 spiro atoms. The molecule has 1 aliphatic heterocycles. The molecule has 2 N–H and O–H groups in total. The van der Waals surface area contributed by atoms with Crippen molar-refractivity contribution in [3.8, 4) is 5.75 Å². The first-order valence-electron chi connectivity index (χ1n) is 7.36. The lowest BCUT2D eigenvalue weighted by Crippen LogP contribution is -2.31. The lowest BCUT2D eigenvalue weighted by Gasteiger charge is -2.19. The SMILES string of the molecule is COc1ccc2c(N)c(C(=O)N3CCCCCC3)sc2c1. The second kappa shape index (κ2) is 5.93. The molecule has 0 atom stereocenters. The lowest BCUT2D eigenvalue weighted by molar-refractivity contribution is 0.0767. The normalized spacial score (nSPS) is 16.0. The van der Waals surface area contributed by atoms with E-state index in [0.717, 1.165) is 41.8 Å². The first-order chi connectivity index (χ1) is 10.2. The van der Waals surface area contributed by atoms with Gasteiger partial charge in [-0.3, -0.25) is 4.79 Å². The molecule has 2 heterocycles. The van der Waals surface area contributed by atoms with Gasteiger partial charge in [-0.05, 0) is 31.0 Å². The van der Waals surface area contributed by atoms with E-state index in [9.17, 15) is 4.79 Å². The molecule has 4 nitrogen and oxygen atoms in total. The van der Waals surface area contributed by atoms with Gasteiger partial charge in [0.15, 0.2) is 0 Å². The van der Waals surface area contributed by atoms with Gasteiger partial charge < -0.3 is 15.4 Å². The maximum Gasteiger partial charge on any atom is 0.266 e. The number of nitrogens with two attached hydrogens (primary N) is 1. The van der Waals surface area contributed by atoms with E-state index in [0.29, 0.717) is 10.6 Å². The van der Waals surface area contributed by atoms with Gasteiger partial charge >= 0.3 is 0 Å². The number of hydrogen-bond acceptors (Lipinski definition) is 4. The zero-order chi connectivity index (χ0) is 14.8. The fourth-order valence-electron chi connectivity index (χ4n) is 2.80.